The van der Waals surface area contributed by atoms with Gasteiger partial charge in [0.2, 0.25) is 0 Å². The molecule has 0 unspecified atom stereocenters. The molecule has 1 aromatic rings. The molecule has 5 nitrogen and oxygen atoms in total. The van der Waals surface area contributed by atoms with Crippen molar-refractivity contribution in [3.63, 3.8) is 0 Å². The van der Waals surface area contributed by atoms with Crippen molar-refractivity contribution < 1.29 is 14.3 Å². The van der Waals surface area contributed by atoms with E-state index in [1.165, 1.54) is 0 Å². The van der Waals surface area contributed by atoms with E-state index in [1.807, 2.05) is 27.7 Å². The number of hydrogen-bond acceptors (Lipinski definition) is 4. The number of nitrogens with zero attached hydrogens (tertiary/aromatic N) is 1. The Balaban J connectivity index is 2.11. The summed E-state index contributed by atoms with van der Waals surface area (Å²) in [7, 11) is 0. The summed E-state index contributed by atoms with van der Waals surface area (Å²) in [4.78, 5) is 16.8. The zero-order chi connectivity index (χ0) is 19.4. The largest absolute Gasteiger partial charge is 0.492 e. The Morgan fingerprint density at radius 2 is 2.08 bits per heavy atom. The summed E-state index contributed by atoms with van der Waals surface area (Å²) < 4.78 is 12.1. The van der Waals surface area contributed by atoms with Crippen LogP contribution < -0.4 is 10.1 Å². The molecular formula is C20H31BrN2O3. The minimum Gasteiger partial charge on any atom is -0.492 e. The first kappa shape index (κ1) is 21.0. The molecule has 1 fully saturated rings. The summed E-state index contributed by atoms with van der Waals surface area (Å²) >= 11 is 3.57. The monoisotopic (exact) mass is 426 g/mol. The number of aromatic nitrogens is 1. The molecule has 1 saturated carbocycles. The molecule has 1 heterocycles. The molecule has 1 aromatic heterocycles. The number of unbranched alkanes of at least 4 members (excludes halogenated alkanes) is 1. The Bertz CT molecular complexity index is 637. The zero-order valence-corrected chi connectivity index (χ0v) is 18.2. The van der Waals surface area contributed by atoms with Crippen LogP contribution in [0, 0.1) is 6.92 Å². The Hall–Kier alpha value is -1.30. The van der Waals surface area contributed by atoms with Crippen LogP contribution in [0.25, 0.3) is 0 Å². The number of alkyl carbamates (subject to hydrolysis) is 1. The van der Waals surface area contributed by atoms with Crippen LogP contribution in [0.3, 0.4) is 0 Å². The maximum Gasteiger partial charge on any atom is 0.408 e. The molecule has 0 aromatic carbocycles. The van der Waals surface area contributed by atoms with Crippen molar-refractivity contribution in [2.75, 3.05) is 6.61 Å². The molecule has 0 bridgehead atoms. The number of hydrogen-bond donors (Lipinski definition) is 1. The van der Waals surface area contributed by atoms with Crippen molar-refractivity contribution in [1.29, 1.82) is 0 Å². The van der Waals surface area contributed by atoms with Crippen LogP contribution in [0.1, 0.15) is 71.1 Å². The Morgan fingerprint density at radius 1 is 1.38 bits per heavy atom. The normalized spacial score (nSPS) is 15.9. The van der Waals surface area contributed by atoms with Gasteiger partial charge in [0.1, 0.15) is 16.0 Å². The first-order valence-electron chi connectivity index (χ1n) is 9.44. The molecule has 6 heteroatoms. The van der Waals surface area contributed by atoms with Gasteiger partial charge in [-0.25, -0.2) is 9.78 Å². The second kappa shape index (κ2) is 8.59. The standard InChI is InChI=1S/C20H31BrN2O3/c1-6-7-11-25-16-12-15(17(21)22-14(16)2)13-20(9-8-10-20)23-18(24)26-19(3,4)5/h12H,6-11,13H2,1-5H3,(H,23,24). The highest BCUT2D eigenvalue weighted by Gasteiger charge is 2.40. The van der Waals surface area contributed by atoms with Crippen LogP contribution in [0.2, 0.25) is 0 Å². The smallest absolute Gasteiger partial charge is 0.408 e. The molecule has 1 aliphatic carbocycles. The second-order valence-electron chi connectivity index (χ2n) is 8.16. The molecule has 0 radical (unpaired) electrons. The average molecular weight is 427 g/mol. The zero-order valence-electron chi connectivity index (χ0n) is 16.6. The van der Waals surface area contributed by atoms with Gasteiger partial charge in [0.05, 0.1) is 12.3 Å². The molecule has 2 rings (SSSR count). The van der Waals surface area contributed by atoms with Gasteiger partial charge in [-0.3, -0.25) is 0 Å². The fraction of sp³-hybridized carbons (Fsp3) is 0.700. The van der Waals surface area contributed by atoms with Gasteiger partial charge in [0.15, 0.2) is 0 Å². The number of amides is 1. The Labute approximate surface area is 165 Å². The van der Waals surface area contributed by atoms with Crippen molar-refractivity contribution in [2.24, 2.45) is 0 Å². The molecule has 0 spiro atoms. The van der Waals surface area contributed by atoms with Crippen molar-refractivity contribution in [3.8, 4) is 5.75 Å². The highest BCUT2D eigenvalue weighted by molar-refractivity contribution is 9.10. The fourth-order valence-electron chi connectivity index (χ4n) is 3.03. The Morgan fingerprint density at radius 3 is 2.62 bits per heavy atom. The number of carbonyl (C=O) groups excluding carboxylic acids is 1. The van der Waals surface area contributed by atoms with E-state index in [2.05, 4.69) is 39.2 Å². The first-order chi connectivity index (χ1) is 12.1. The maximum atomic E-state index is 12.3. The lowest BCUT2D eigenvalue weighted by Crippen LogP contribution is -2.56. The molecule has 146 valence electrons. The van der Waals surface area contributed by atoms with Crippen LogP contribution in [0.15, 0.2) is 10.7 Å². The summed E-state index contributed by atoms with van der Waals surface area (Å²) in [5.74, 6) is 0.823. The van der Waals surface area contributed by atoms with Crippen LogP contribution in [-0.4, -0.2) is 28.8 Å². The molecule has 1 N–H and O–H groups in total. The molecular weight excluding hydrogens is 396 g/mol. The number of halogens is 1. The summed E-state index contributed by atoms with van der Waals surface area (Å²) in [6.07, 6.45) is 5.47. The number of rotatable bonds is 7. The van der Waals surface area contributed by atoms with Gasteiger partial charge in [0, 0.05) is 5.54 Å². The van der Waals surface area contributed by atoms with Crippen molar-refractivity contribution in [3.05, 3.63) is 21.9 Å². The first-order valence-corrected chi connectivity index (χ1v) is 10.2. The second-order valence-corrected chi connectivity index (χ2v) is 8.91. The predicted molar refractivity (Wildman–Crippen MR) is 107 cm³/mol. The molecule has 0 aliphatic heterocycles. The third-order valence-corrected chi connectivity index (χ3v) is 5.24. The molecule has 1 amide bonds. The van der Waals surface area contributed by atoms with Gasteiger partial charge in [-0.2, -0.15) is 0 Å². The van der Waals surface area contributed by atoms with E-state index in [4.69, 9.17) is 9.47 Å². The van der Waals surface area contributed by atoms with Gasteiger partial charge in [-0.1, -0.05) is 13.3 Å². The van der Waals surface area contributed by atoms with Crippen molar-refractivity contribution >= 4 is 22.0 Å². The number of ether oxygens (including phenoxy) is 2. The van der Waals surface area contributed by atoms with E-state index >= 15 is 0 Å². The van der Waals surface area contributed by atoms with Crippen LogP contribution in [0.5, 0.6) is 5.75 Å². The van der Waals surface area contributed by atoms with E-state index in [0.29, 0.717) is 13.0 Å². The summed E-state index contributed by atoms with van der Waals surface area (Å²) in [6.45, 7) is 10.4. The highest BCUT2D eigenvalue weighted by atomic mass is 79.9. The van der Waals surface area contributed by atoms with Crippen LogP contribution >= 0.6 is 15.9 Å². The summed E-state index contributed by atoms with van der Waals surface area (Å²) in [5.41, 5.74) is 1.17. The number of aryl methyl sites for hydroxylation is 1. The topological polar surface area (TPSA) is 60.5 Å². The minimum atomic E-state index is -0.499. The molecule has 0 atom stereocenters. The maximum absolute atomic E-state index is 12.3. The SMILES string of the molecule is CCCCOc1cc(CC2(NC(=O)OC(C)(C)C)CCC2)c(Br)nc1C. The number of carbonyl (C=O) groups is 1. The van der Waals surface area contributed by atoms with Crippen molar-refractivity contribution in [2.45, 2.75) is 84.3 Å². The summed E-state index contributed by atoms with van der Waals surface area (Å²) in [6, 6.07) is 2.05. The van der Waals surface area contributed by atoms with E-state index in [-0.39, 0.29) is 11.6 Å². The van der Waals surface area contributed by atoms with Gasteiger partial charge < -0.3 is 14.8 Å². The molecule has 26 heavy (non-hydrogen) atoms. The highest BCUT2D eigenvalue weighted by Crippen LogP contribution is 2.37. The predicted octanol–water partition coefficient (Wildman–Crippen LogP) is 5.32. The van der Waals surface area contributed by atoms with Gasteiger partial charge in [0.25, 0.3) is 0 Å². The fourth-order valence-corrected chi connectivity index (χ4v) is 3.55. The van der Waals surface area contributed by atoms with E-state index in [1.54, 1.807) is 0 Å². The van der Waals surface area contributed by atoms with Gasteiger partial charge >= 0.3 is 6.09 Å². The number of nitrogens with one attached hydrogen (secondary N) is 1. The lowest BCUT2D eigenvalue weighted by Gasteiger charge is -2.43. The van der Waals surface area contributed by atoms with Crippen LogP contribution in [0.4, 0.5) is 4.79 Å². The third kappa shape index (κ3) is 5.86. The van der Waals surface area contributed by atoms with Gasteiger partial charge in [-0.15, -0.1) is 0 Å². The lowest BCUT2D eigenvalue weighted by molar-refractivity contribution is 0.0383. The minimum absolute atomic E-state index is 0.261. The third-order valence-electron chi connectivity index (χ3n) is 4.55. The summed E-state index contributed by atoms with van der Waals surface area (Å²) in [5, 5.41) is 3.10. The van der Waals surface area contributed by atoms with Gasteiger partial charge in [-0.05, 0) is 87.4 Å². The quantitative estimate of drug-likeness (QED) is 0.473. The van der Waals surface area contributed by atoms with E-state index in [9.17, 15) is 4.79 Å². The van der Waals surface area contributed by atoms with E-state index < -0.39 is 5.60 Å². The van der Waals surface area contributed by atoms with Crippen molar-refractivity contribution in [1.82, 2.24) is 10.3 Å². The molecule has 1 aliphatic rings. The Kier molecular flexibility index (Phi) is 6.94. The molecule has 0 saturated heterocycles. The average Bonchev–Trinajstić information content (AvgIpc) is 2.47. The lowest BCUT2D eigenvalue weighted by atomic mass is 9.73. The van der Waals surface area contributed by atoms with E-state index in [0.717, 1.165) is 53.7 Å². The van der Waals surface area contributed by atoms with Crippen LogP contribution in [-0.2, 0) is 11.2 Å². The number of pyridine rings is 1.